The van der Waals surface area contributed by atoms with Crippen molar-refractivity contribution in [3.8, 4) is 0 Å². The molecule has 0 saturated heterocycles. The van der Waals surface area contributed by atoms with Crippen LogP contribution in [0.25, 0.3) is 0 Å². The zero-order chi connectivity index (χ0) is 18.0. The number of amides is 2. The van der Waals surface area contributed by atoms with E-state index >= 15 is 0 Å². The van der Waals surface area contributed by atoms with Crippen molar-refractivity contribution < 1.29 is 19.5 Å². The second kappa shape index (κ2) is 10.4. The van der Waals surface area contributed by atoms with Gasteiger partial charge < -0.3 is 26.8 Å². The van der Waals surface area contributed by atoms with Crippen LogP contribution in [-0.4, -0.2) is 54.0 Å². The molecule has 0 unspecified atom stereocenters. The lowest BCUT2D eigenvalue weighted by atomic mass is 10.0. The summed E-state index contributed by atoms with van der Waals surface area (Å²) < 4.78 is 0. The average Bonchev–Trinajstić information content (AvgIpc) is 2.46. The molecule has 1 aliphatic heterocycles. The van der Waals surface area contributed by atoms with Crippen LogP contribution in [0.3, 0.4) is 0 Å². The van der Waals surface area contributed by atoms with E-state index in [2.05, 4.69) is 5.32 Å². The number of nitrogens with two attached hydrogens (primary N) is 2. The van der Waals surface area contributed by atoms with Gasteiger partial charge in [0.05, 0.1) is 6.54 Å². The highest BCUT2D eigenvalue weighted by molar-refractivity contribution is 5.92. The Kier molecular flexibility index (Phi) is 9.33. The van der Waals surface area contributed by atoms with E-state index in [-0.39, 0.29) is 18.4 Å². The molecule has 1 atom stereocenters. The zero-order valence-electron chi connectivity index (χ0n) is 13.8. The number of carbonyl (C=O) groups excluding carboxylic acids is 2. The van der Waals surface area contributed by atoms with E-state index in [4.69, 9.17) is 16.6 Å². The quantitative estimate of drug-likeness (QED) is 0.515. The Morgan fingerprint density at radius 1 is 1.39 bits per heavy atom. The average molecular weight is 326 g/mol. The molecule has 0 aromatic heterocycles. The van der Waals surface area contributed by atoms with E-state index in [1.165, 1.54) is 0 Å². The van der Waals surface area contributed by atoms with Crippen LogP contribution in [-0.2, 0) is 14.4 Å². The number of primary amides is 1. The maximum absolute atomic E-state index is 10.8. The number of aliphatic carboxylic acids is 1. The van der Waals surface area contributed by atoms with Gasteiger partial charge >= 0.3 is 5.97 Å². The van der Waals surface area contributed by atoms with Crippen LogP contribution in [0.4, 0.5) is 0 Å². The fourth-order valence-corrected chi connectivity index (χ4v) is 1.79. The van der Waals surface area contributed by atoms with Crippen molar-refractivity contribution in [2.24, 2.45) is 17.4 Å². The Labute approximate surface area is 136 Å². The number of hydrogen-bond donors (Lipinski definition) is 4. The molecule has 0 aromatic rings. The molecule has 0 aromatic carbocycles. The van der Waals surface area contributed by atoms with Crippen molar-refractivity contribution in [1.82, 2.24) is 10.2 Å². The minimum Gasteiger partial charge on any atom is -0.480 e. The number of carbonyl (C=O) groups is 3. The third kappa shape index (κ3) is 9.30. The number of hydrogen-bond acceptors (Lipinski definition) is 5. The van der Waals surface area contributed by atoms with Gasteiger partial charge in [-0.25, -0.2) is 4.79 Å². The molecule has 1 rings (SSSR count). The fourth-order valence-electron chi connectivity index (χ4n) is 1.79. The lowest BCUT2D eigenvalue weighted by molar-refractivity contribution is -0.142. The molecule has 0 bridgehead atoms. The number of rotatable bonds is 6. The van der Waals surface area contributed by atoms with Crippen molar-refractivity contribution in [2.45, 2.75) is 26.3 Å². The highest BCUT2D eigenvalue weighted by atomic mass is 16.4. The van der Waals surface area contributed by atoms with Crippen LogP contribution in [0, 0.1) is 5.92 Å². The molecule has 0 fully saturated rings. The number of allylic oxidation sites excluding steroid dienone is 2. The van der Waals surface area contributed by atoms with Crippen LogP contribution in [0.15, 0.2) is 23.9 Å². The maximum Gasteiger partial charge on any atom is 0.326 e. The van der Waals surface area contributed by atoms with Crippen LogP contribution >= 0.6 is 0 Å². The van der Waals surface area contributed by atoms with Crippen molar-refractivity contribution in [1.29, 1.82) is 0 Å². The molecule has 8 heteroatoms. The minimum absolute atomic E-state index is 0.179. The fraction of sp³-hybridized carbons (Fsp3) is 0.533. The molecule has 0 spiro atoms. The van der Waals surface area contributed by atoms with Crippen LogP contribution in [0.2, 0.25) is 0 Å². The van der Waals surface area contributed by atoms with Gasteiger partial charge in [0.15, 0.2) is 0 Å². The topological polar surface area (TPSA) is 139 Å². The molecule has 0 saturated carbocycles. The Morgan fingerprint density at radius 3 is 2.35 bits per heavy atom. The monoisotopic (exact) mass is 326 g/mol. The van der Waals surface area contributed by atoms with Crippen LogP contribution in [0.1, 0.15) is 20.3 Å². The first-order valence-corrected chi connectivity index (χ1v) is 7.27. The van der Waals surface area contributed by atoms with Gasteiger partial charge in [-0.15, -0.1) is 0 Å². The van der Waals surface area contributed by atoms with E-state index in [1.54, 1.807) is 6.08 Å². The van der Waals surface area contributed by atoms with E-state index in [0.717, 1.165) is 0 Å². The van der Waals surface area contributed by atoms with E-state index in [1.807, 2.05) is 38.1 Å². The first-order chi connectivity index (χ1) is 10.7. The van der Waals surface area contributed by atoms with Crippen molar-refractivity contribution >= 4 is 17.8 Å². The predicted octanol–water partition coefficient (Wildman–Crippen LogP) is -0.582. The number of nitrogens with one attached hydrogen (secondary N) is 1. The number of nitrogens with zero attached hydrogens (tertiary/aromatic N) is 1. The molecule has 23 heavy (non-hydrogen) atoms. The highest BCUT2D eigenvalue weighted by Gasteiger charge is 2.19. The summed E-state index contributed by atoms with van der Waals surface area (Å²) in [5, 5.41) is 11.0. The molecule has 2 amide bonds. The first kappa shape index (κ1) is 20.6. The minimum atomic E-state index is -1.02. The summed E-state index contributed by atoms with van der Waals surface area (Å²) in [6.07, 6.45) is 5.86. The molecule has 8 nitrogen and oxygen atoms in total. The largest absolute Gasteiger partial charge is 0.480 e. The second-order valence-electron chi connectivity index (χ2n) is 5.60. The van der Waals surface area contributed by atoms with Gasteiger partial charge in [-0.1, -0.05) is 19.9 Å². The third-order valence-electron chi connectivity index (χ3n) is 2.90. The molecule has 1 aliphatic rings. The molecular formula is C15H26N4O4. The zero-order valence-corrected chi connectivity index (χ0v) is 13.8. The lowest BCUT2D eigenvalue weighted by Crippen LogP contribution is -2.44. The summed E-state index contributed by atoms with van der Waals surface area (Å²) in [6.45, 7) is 4.22. The van der Waals surface area contributed by atoms with Gasteiger partial charge in [-0.2, -0.15) is 0 Å². The second-order valence-corrected chi connectivity index (χ2v) is 5.60. The summed E-state index contributed by atoms with van der Waals surface area (Å²) in [6, 6.07) is -0.823. The number of likely N-dealkylation sites (N-methyl/N-ethyl adjacent to an activating group) is 1. The Morgan fingerprint density at radius 2 is 2.00 bits per heavy atom. The van der Waals surface area contributed by atoms with Gasteiger partial charge in [0.2, 0.25) is 11.8 Å². The number of carboxylic acid groups (broad SMARTS) is 1. The highest BCUT2D eigenvalue weighted by Crippen LogP contribution is 2.04. The van der Waals surface area contributed by atoms with Crippen LogP contribution in [0.5, 0.6) is 0 Å². The van der Waals surface area contributed by atoms with Gasteiger partial charge in [0.25, 0.3) is 0 Å². The lowest BCUT2D eigenvalue weighted by Gasteiger charge is -2.17. The van der Waals surface area contributed by atoms with E-state index in [0.29, 0.717) is 18.5 Å². The molecule has 0 aliphatic carbocycles. The summed E-state index contributed by atoms with van der Waals surface area (Å²) in [7, 11) is 1.90. The Hall–Kier alpha value is -2.35. The van der Waals surface area contributed by atoms with Crippen LogP contribution < -0.4 is 16.8 Å². The van der Waals surface area contributed by atoms with Gasteiger partial charge in [0, 0.05) is 19.2 Å². The first-order valence-electron chi connectivity index (χ1n) is 7.27. The van der Waals surface area contributed by atoms with Crippen molar-refractivity contribution in [3.63, 3.8) is 0 Å². The van der Waals surface area contributed by atoms with Crippen molar-refractivity contribution in [3.05, 3.63) is 23.9 Å². The van der Waals surface area contributed by atoms with Gasteiger partial charge in [0.1, 0.15) is 6.04 Å². The summed E-state index contributed by atoms with van der Waals surface area (Å²) in [5.74, 6) is -1.57. The Bertz CT molecular complexity index is 486. The molecule has 0 radical (unpaired) electrons. The normalized spacial score (nSPS) is 14.5. The third-order valence-corrected chi connectivity index (χ3v) is 2.90. The van der Waals surface area contributed by atoms with Crippen molar-refractivity contribution in [2.75, 3.05) is 20.1 Å². The maximum atomic E-state index is 10.8. The summed E-state index contributed by atoms with van der Waals surface area (Å²) >= 11 is 0. The molecule has 130 valence electrons. The summed E-state index contributed by atoms with van der Waals surface area (Å²) in [4.78, 5) is 33.9. The predicted molar refractivity (Wildman–Crippen MR) is 87.1 cm³/mol. The molecule has 1 heterocycles. The Balaban J connectivity index is 0.000000433. The van der Waals surface area contributed by atoms with E-state index in [9.17, 15) is 14.4 Å². The van der Waals surface area contributed by atoms with Gasteiger partial charge in [-0.05, 0) is 24.6 Å². The number of carboxylic acids is 1. The van der Waals surface area contributed by atoms with Gasteiger partial charge in [-0.3, -0.25) is 9.59 Å². The standard InChI is InChI=1S/C8H16N2O3.C7H10N2O/c1-5(2)3-6(8(12)13)10-7(11)4-9;1-9-4-2-3-6(5-9)7(8)10/h5-6H,3-4,9H2,1-2H3,(H,10,11)(H,12,13);2-4H,5H2,1H3,(H2,8,10)/t6-;/m0./s1. The molecular weight excluding hydrogens is 300 g/mol. The summed E-state index contributed by atoms with van der Waals surface area (Å²) in [5.41, 5.74) is 10.8. The smallest absolute Gasteiger partial charge is 0.326 e. The SMILES string of the molecule is CC(C)C[C@H](NC(=O)CN)C(=O)O.CN1C=CC=C(C(N)=O)C1. The van der Waals surface area contributed by atoms with E-state index < -0.39 is 17.9 Å². The molecule has 6 N–H and O–H groups in total.